The first-order chi connectivity index (χ1) is 9.20. The maximum atomic E-state index is 12.4. The summed E-state index contributed by atoms with van der Waals surface area (Å²) in [6.45, 7) is 4.53. The normalized spacial score (nSPS) is 19.7. The number of amides is 1. The molecular weight excluding hydrogens is 260 g/mol. The van der Waals surface area contributed by atoms with Gasteiger partial charge in [-0.25, -0.2) is 4.98 Å². The van der Waals surface area contributed by atoms with Crippen LogP contribution in [0.4, 0.5) is 0 Å². The van der Waals surface area contributed by atoms with Crippen molar-refractivity contribution in [3.63, 3.8) is 0 Å². The van der Waals surface area contributed by atoms with Gasteiger partial charge in [0.1, 0.15) is 4.88 Å². The number of rotatable bonds is 5. The second kappa shape index (κ2) is 7.01. The lowest BCUT2D eigenvalue weighted by Gasteiger charge is -2.32. The van der Waals surface area contributed by atoms with Crippen molar-refractivity contribution in [1.82, 2.24) is 9.88 Å². The first-order valence-corrected chi connectivity index (χ1v) is 7.73. The number of hydrogen-bond donors (Lipinski definition) is 0. The Morgan fingerprint density at radius 2 is 2.47 bits per heavy atom. The lowest BCUT2D eigenvalue weighted by molar-refractivity contribution is 0.0665. The van der Waals surface area contributed by atoms with Crippen LogP contribution in [-0.2, 0) is 4.74 Å². The van der Waals surface area contributed by atoms with E-state index >= 15 is 0 Å². The van der Waals surface area contributed by atoms with Crippen LogP contribution in [0, 0.1) is 12.8 Å². The summed E-state index contributed by atoms with van der Waals surface area (Å²) < 4.78 is 5.09. The average molecular weight is 282 g/mol. The van der Waals surface area contributed by atoms with Gasteiger partial charge in [0.05, 0.1) is 11.2 Å². The van der Waals surface area contributed by atoms with Gasteiger partial charge < -0.3 is 9.64 Å². The van der Waals surface area contributed by atoms with Crippen LogP contribution in [0.2, 0.25) is 0 Å². The van der Waals surface area contributed by atoms with Crippen molar-refractivity contribution >= 4 is 17.2 Å². The molecule has 0 radical (unpaired) electrons. The summed E-state index contributed by atoms with van der Waals surface area (Å²) >= 11 is 1.49. The maximum Gasteiger partial charge on any atom is 0.265 e. The van der Waals surface area contributed by atoms with Crippen molar-refractivity contribution < 1.29 is 9.53 Å². The molecule has 1 aromatic rings. The number of carbonyl (C=O) groups is 1. The van der Waals surface area contributed by atoms with Gasteiger partial charge in [0.15, 0.2) is 0 Å². The predicted molar refractivity (Wildman–Crippen MR) is 76.6 cm³/mol. The highest BCUT2D eigenvalue weighted by atomic mass is 32.1. The zero-order valence-corrected chi connectivity index (χ0v) is 12.5. The fraction of sp³-hybridized carbons (Fsp3) is 0.714. The third-order valence-corrected chi connectivity index (χ3v) is 4.50. The molecule has 1 aliphatic rings. The van der Waals surface area contributed by atoms with Gasteiger partial charge in [-0.2, -0.15) is 0 Å². The lowest BCUT2D eigenvalue weighted by Crippen LogP contribution is -2.39. The minimum absolute atomic E-state index is 0.155. The summed E-state index contributed by atoms with van der Waals surface area (Å²) in [4.78, 5) is 19.3. The lowest BCUT2D eigenvalue weighted by atomic mass is 9.93. The van der Waals surface area contributed by atoms with Crippen molar-refractivity contribution in [1.29, 1.82) is 0 Å². The van der Waals surface area contributed by atoms with E-state index < -0.39 is 0 Å². The molecule has 106 valence electrons. The van der Waals surface area contributed by atoms with Crippen molar-refractivity contribution in [3.05, 3.63) is 16.1 Å². The van der Waals surface area contributed by atoms with E-state index in [1.54, 1.807) is 13.3 Å². The summed E-state index contributed by atoms with van der Waals surface area (Å²) in [6.07, 6.45) is 6.29. The number of thiazole rings is 1. The second-order valence-corrected chi connectivity index (χ2v) is 6.37. The number of nitrogens with zero attached hydrogens (tertiary/aromatic N) is 2. The summed E-state index contributed by atoms with van der Waals surface area (Å²) in [6, 6.07) is 0. The van der Waals surface area contributed by atoms with Crippen molar-refractivity contribution in [2.75, 3.05) is 26.8 Å². The van der Waals surface area contributed by atoms with Crippen LogP contribution in [0.15, 0.2) is 6.20 Å². The Labute approximate surface area is 118 Å². The van der Waals surface area contributed by atoms with Crippen LogP contribution in [-0.4, -0.2) is 42.6 Å². The van der Waals surface area contributed by atoms with E-state index in [1.165, 1.54) is 17.8 Å². The molecule has 1 aromatic heterocycles. The van der Waals surface area contributed by atoms with E-state index in [2.05, 4.69) is 4.98 Å². The molecule has 1 fully saturated rings. The minimum Gasteiger partial charge on any atom is -0.385 e. The van der Waals surface area contributed by atoms with E-state index in [9.17, 15) is 4.79 Å². The Bertz CT molecular complexity index is 419. The zero-order chi connectivity index (χ0) is 13.7. The monoisotopic (exact) mass is 282 g/mol. The molecule has 1 aliphatic heterocycles. The maximum absolute atomic E-state index is 12.4. The van der Waals surface area contributed by atoms with Gasteiger partial charge in [0.2, 0.25) is 0 Å². The Kier molecular flexibility index (Phi) is 5.34. The molecule has 5 heteroatoms. The van der Waals surface area contributed by atoms with Crippen LogP contribution in [0.5, 0.6) is 0 Å². The van der Waals surface area contributed by atoms with Gasteiger partial charge in [-0.1, -0.05) is 0 Å². The standard InChI is InChI=1S/C14H22N2O2S/c1-11-15-9-13(19-11)14(17)16-7-3-5-12(10-16)6-4-8-18-2/h9,12H,3-8,10H2,1-2H3/t12-/m0/s1. The summed E-state index contributed by atoms with van der Waals surface area (Å²) in [5.74, 6) is 0.781. The summed E-state index contributed by atoms with van der Waals surface area (Å²) in [5, 5.41) is 0.956. The number of aromatic nitrogens is 1. The molecule has 4 nitrogen and oxygen atoms in total. The second-order valence-electron chi connectivity index (χ2n) is 5.14. The molecule has 0 bridgehead atoms. The molecular formula is C14H22N2O2S. The molecule has 0 unspecified atom stereocenters. The number of likely N-dealkylation sites (tertiary alicyclic amines) is 1. The highest BCUT2D eigenvalue weighted by Crippen LogP contribution is 2.23. The van der Waals surface area contributed by atoms with Crippen LogP contribution in [0.25, 0.3) is 0 Å². The Hall–Kier alpha value is -0.940. The molecule has 1 saturated heterocycles. The van der Waals surface area contributed by atoms with Gasteiger partial charge in [-0.15, -0.1) is 11.3 Å². The molecule has 0 spiro atoms. The molecule has 0 N–H and O–H groups in total. The molecule has 2 rings (SSSR count). The van der Waals surface area contributed by atoms with Gasteiger partial charge in [-0.3, -0.25) is 4.79 Å². The van der Waals surface area contributed by atoms with E-state index in [4.69, 9.17) is 4.74 Å². The van der Waals surface area contributed by atoms with Gasteiger partial charge in [0, 0.05) is 26.8 Å². The molecule has 0 aliphatic carbocycles. The Morgan fingerprint density at radius 3 is 3.16 bits per heavy atom. The number of hydrogen-bond acceptors (Lipinski definition) is 4. The third kappa shape index (κ3) is 4.01. The fourth-order valence-electron chi connectivity index (χ4n) is 2.62. The molecule has 1 amide bonds. The molecule has 0 saturated carbocycles. The highest BCUT2D eigenvalue weighted by molar-refractivity contribution is 7.13. The minimum atomic E-state index is 0.155. The number of carbonyl (C=O) groups excluding carboxylic acids is 1. The quantitative estimate of drug-likeness (QED) is 0.780. The van der Waals surface area contributed by atoms with Gasteiger partial charge in [0.25, 0.3) is 5.91 Å². The predicted octanol–water partition coefficient (Wildman–Crippen LogP) is 2.73. The van der Waals surface area contributed by atoms with E-state index in [0.717, 1.165) is 48.8 Å². The van der Waals surface area contributed by atoms with E-state index in [1.807, 2.05) is 11.8 Å². The largest absolute Gasteiger partial charge is 0.385 e. The third-order valence-electron chi connectivity index (χ3n) is 3.60. The zero-order valence-electron chi connectivity index (χ0n) is 11.7. The number of methoxy groups -OCH3 is 1. The van der Waals surface area contributed by atoms with Crippen LogP contribution < -0.4 is 0 Å². The smallest absolute Gasteiger partial charge is 0.265 e. The topological polar surface area (TPSA) is 42.4 Å². The first kappa shape index (κ1) is 14.5. The molecule has 0 aromatic carbocycles. The number of ether oxygens (including phenoxy) is 1. The first-order valence-electron chi connectivity index (χ1n) is 6.91. The van der Waals surface area contributed by atoms with Crippen molar-refractivity contribution in [2.45, 2.75) is 32.6 Å². The highest BCUT2D eigenvalue weighted by Gasteiger charge is 2.25. The summed E-state index contributed by atoms with van der Waals surface area (Å²) in [7, 11) is 1.74. The number of aryl methyl sites for hydroxylation is 1. The van der Waals surface area contributed by atoms with Crippen LogP contribution >= 0.6 is 11.3 Å². The Balaban J connectivity index is 1.88. The number of piperidine rings is 1. The Morgan fingerprint density at radius 1 is 1.63 bits per heavy atom. The van der Waals surface area contributed by atoms with Crippen LogP contribution in [0.1, 0.15) is 40.4 Å². The molecule has 2 heterocycles. The molecule has 1 atom stereocenters. The van der Waals surface area contributed by atoms with Gasteiger partial charge in [-0.05, 0) is 38.5 Å². The van der Waals surface area contributed by atoms with Crippen molar-refractivity contribution in [2.24, 2.45) is 5.92 Å². The average Bonchev–Trinajstić information content (AvgIpc) is 2.85. The molecule has 19 heavy (non-hydrogen) atoms. The van der Waals surface area contributed by atoms with Crippen molar-refractivity contribution in [3.8, 4) is 0 Å². The summed E-state index contributed by atoms with van der Waals surface area (Å²) in [5.41, 5.74) is 0. The van der Waals surface area contributed by atoms with Crippen LogP contribution in [0.3, 0.4) is 0 Å². The van der Waals surface area contributed by atoms with E-state index in [-0.39, 0.29) is 5.91 Å². The van der Waals surface area contributed by atoms with Gasteiger partial charge >= 0.3 is 0 Å². The van der Waals surface area contributed by atoms with E-state index in [0.29, 0.717) is 5.92 Å². The SMILES string of the molecule is COCCC[C@@H]1CCCN(C(=O)c2cnc(C)s2)C1. The fourth-order valence-corrected chi connectivity index (χ4v) is 3.36.